The minimum Gasteiger partial charge on any atom is -0.350 e. The van der Waals surface area contributed by atoms with E-state index in [1.807, 2.05) is 25.1 Å². The van der Waals surface area contributed by atoms with Gasteiger partial charge in [0.25, 0.3) is 0 Å². The zero-order valence-electron chi connectivity index (χ0n) is 10.8. The number of amides is 1. The van der Waals surface area contributed by atoms with Gasteiger partial charge in [0.1, 0.15) is 11.5 Å². The average Bonchev–Trinajstić information content (AvgIpc) is 2.80. The fourth-order valence-corrected chi connectivity index (χ4v) is 2.34. The number of aromatic nitrogens is 2. The van der Waals surface area contributed by atoms with Crippen LogP contribution in [-0.2, 0) is 0 Å². The molecule has 2 aromatic carbocycles. The standard InChI is InChI=1S/C15H12FN3O/c1-9-4-2-7-12-13(10-5-3-6-11(16)8-10)18-19(14(9)12)15(17)20/h2-8H,1H3,(H2,17,20). The summed E-state index contributed by atoms with van der Waals surface area (Å²) in [5.41, 5.74) is 8.05. The number of carbonyl (C=O) groups is 1. The van der Waals surface area contributed by atoms with Crippen LogP contribution in [0.25, 0.3) is 22.2 Å². The van der Waals surface area contributed by atoms with Crippen LogP contribution in [0.4, 0.5) is 9.18 Å². The van der Waals surface area contributed by atoms with Crippen molar-refractivity contribution in [3.05, 3.63) is 53.8 Å². The number of carbonyl (C=O) groups excluding carboxylic acids is 1. The van der Waals surface area contributed by atoms with E-state index in [0.717, 1.165) is 15.6 Å². The molecular weight excluding hydrogens is 257 g/mol. The van der Waals surface area contributed by atoms with Crippen LogP contribution >= 0.6 is 0 Å². The summed E-state index contributed by atoms with van der Waals surface area (Å²) in [6.07, 6.45) is 0. The van der Waals surface area contributed by atoms with Gasteiger partial charge < -0.3 is 5.73 Å². The van der Waals surface area contributed by atoms with E-state index in [1.165, 1.54) is 12.1 Å². The van der Waals surface area contributed by atoms with Gasteiger partial charge in [0.2, 0.25) is 0 Å². The predicted octanol–water partition coefficient (Wildman–Crippen LogP) is 3.08. The van der Waals surface area contributed by atoms with Crippen LogP contribution in [0.15, 0.2) is 42.5 Å². The Morgan fingerprint density at radius 1 is 1.25 bits per heavy atom. The molecule has 0 aliphatic rings. The van der Waals surface area contributed by atoms with Gasteiger partial charge in [0.05, 0.1) is 5.52 Å². The molecule has 100 valence electrons. The summed E-state index contributed by atoms with van der Waals surface area (Å²) in [7, 11) is 0. The Hall–Kier alpha value is -2.69. The molecule has 5 heteroatoms. The minimum atomic E-state index is -0.660. The van der Waals surface area contributed by atoms with Crippen molar-refractivity contribution < 1.29 is 9.18 Å². The van der Waals surface area contributed by atoms with Crippen molar-refractivity contribution in [2.24, 2.45) is 5.73 Å². The predicted molar refractivity (Wildman–Crippen MR) is 74.8 cm³/mol. The Morgan fingerprint density at radius 2 is 2.00 bits per heavy atom. The van der Waals surface area contributed by atoms with Crippen LogP contribution in [-0.4, -0.2) is 15.8 Å². The number of nitrogens with zero attached hydrogens (tertiary/aromatic N) is 2. The van der Waals surface area contributed by atoms with Crippen LogP contribution < -0.4 is 5.73 Å². The van der Waals surface area contributed by atoms with Gasteiger partial charge >= 0.3 is 6.03 Å². The van der Waals surface area contributed by atoms with Gasteiger partial charge in [-0.1, -0.05) is 30.3 Å². The number of fused-ring (bicyclic) bond motifs is 1. The van der Waals surface area contributed by atoms with Crippen LogP contribution in [0, 0.1) is 12.7 Å². The molecule has 4 nitrogen and oxygen atoms in total. The van der Waals surface area contributed by atoms with Crippen molar-refractivity contribution >= 4 is 16.9 Å². The van der Waals surface area contributed by atoms with Gasteiger partial charge in [0.15, 0.2) is 0 Å². The first-order valence-corrected chi connectivity index (χ1v) is 6.12. The van der Waals surface area contributed by atoms with Crippen molar-refractivity contribution in [1.82, 2.24) is 9.78 Å². The third-order valence-corrected chi connectivity index (χ3v) is 3.21. The molecule has 2 N–H and O–H groups in total. The lowest BCUT2D eigenvalue weighted by Gasteiger charge is -1.99. The van der Waals surface area contributed by atoms with Gasteiger partial charge in [-0.05, 0) is 24.6 Å². The van der Waals surface area contributed by atoms with Crippen molar-refractivity contribution in [2.75, 3.05) is 0 Å². The molecule has 0 bridgehead atoms. The van der Waals surface area contributed by atoms with Crippen molar-refractivity contribution in [1.29, 1.82) is 0 Å². The monoisotopic (exact) mass is 269 g/mol. The summed E-state index contributed by atoms with van der Waals surface area (Å²) < 4.78 is 14.5. The molecule has 20 heavy (non-hydrogen) atoms. The van der Waals surface area contributed by atoms with Gasteiger partial charge in [-0.2, -0.15) is 9.78 Å². The molecule has 0 aliphatic carbocycles. The number of primary amides is 1. The molecule has 0 atom stereocenters. The van der Waals surface area contributed by atoms with Gasteiger partial charge in [-0.15, -0.1) is 0 Å². The van der Waals surface area contributed by atoms with E-state index in [-0.39, 0.29) is 5.82 Å². The van der Waals surface area contributed by atoms with Crippen LogP contribution in [0.5, 0.6) is 0 Å². The molecule has 0 spiro atoms. The molecule has 0 radical (unpaired) electrons. The van der Waals surface area contributed by atoms with Crippen molar-refractivity contribution in [3.63, 3.8) is 0 Å². The molecular formula is C15H12FN3O. The van der Waals surface area contributed by atoms with Crippen LogP contribution in [0.2, 0.25) is 0 Å². The number of aryl methyl sites for hydroxylation is 1. The highest BCUT2D eigenvalue weighted by Gasteiger charge is 2.16. The Kier molecular flexibility index (Phi) is 2.75. The second kappa shape index (κ2) is 4.45. The number of nitrogens with two attached hydrogens (primary N) is 1. The third-order valence-electron chi connectivity index (χ3n) is 3.21. The third kappa shape index (κ3) is 1.84. The number of halogens is 1. The summed E-state index contributed by atoms with van der Waals surface area (Å²) >= 11 is 0. The number of hydrogen-bond donors (Lipinski definition) is 1. The van der Waals surface area contributed by atoms with Crippen molar-refractivity contribution in [2.45, 2.75) is 6.92 Å². The Morgan fingerprint density at radius 3 is 2.70 bits per heavy atom. The minimum absolute atomic E-state index is 0.350. The molecule has 0 aliphatic heterocycles. The van der Waals surface area contributed by atoms with E-state index < -0.39 is 6.03 Å². The largest absolute Gasteiger partial charge is 0.350 e. The van der Waals surface area contributed by atoms with E-state index in [1.54, 1.807) is 12.1 Å². The summed E-state index contributed by atoms with van der Waals surface area (Å²) in [6, 6.07) is 11.0. The number of hydrogen-bond acceptors (Lipinski definition) is 2. The first-order valence-electron chi connectivity index (χ1n) is 6.12. The smallest absolute Gasteiger partial charge is 0.340 e. The van der Waals surface area contributed by atoms with Crippen LogP contribution in [0.3, 0.4) is 0 Å². The molecule has 1 heterocycles. The average molecular weight is 269 g/mol. The zero-order valence-corrected chi connectivity index (χ0v) is 10.8. The molecule has 0 unspecified atom stereocenters. The van der Waals surface area contributed by atoms with Crippen LogP contribution in [0.1, 0.15) is 5.56 Å². The molecule has 1 aromatic heterocycles. The lowest BCUT2D eigenvalue weighted by molar-refractivity contribution is 0.248. The lowest BCUT2D eigenvalue weighted by Crippen LogP contribution is -2.20. The molecule has 3 rings (SSSR count). The Labute approximate surface area is 114 Å². The molecule has 1 amide bonds. The second-order valence-electron chi connectivity index (χ2n) is 4.58. The Balaban J connectivity index is 2.38. The molecule has 0 saturated carbocycles. The summed E-state index contributed by atoms with van der Waals surface area (Å²) in [6.45, 7) is 1.87. The van der Waals surface area contributed by atoms with E-state index in [2.05, 4.69) is 5.10 Å². The summed E-state index contributed by atoms with van der Waals surface area (Å²) in [4.78, 5) is 11.5. The summed E-state index contributed by atoms with van der Waals surface area (Å²) in [5.74, 6) is -0.350. The van der Waals surface area contributed by atoms with Gasteiger partial charge in [0, 0.05) is 10.9 Å². The quantitative estimate of drug-likeness (QED) is 0.738. The summed E-state index contributed by atoms with van der Waals surface area (Å²) in [5, 5.41) is 5.01. The number of rotatable bonds is 1. The highest BCUT2D eigenvalue weighted by molar-refractivity contribution is 5.99. The molecule has 3 aromatic rings. The Bertz CT molecular complexity index is 823. The van der Waals surface area contributed by atoms with E-state index in [9.17, 15) is 9.18 Å². The highest BCUT2D eigenvalue weighted by atomic mass is 19.1. The maximum atomic E-state index is 13.4. The van der Waals surface area contributed by atoms with E-state index in [0.29, 0.717) is 16.8 Å². The molecule has 0 fully saturated rings. The highest BCUT2D eigenvalue weighted by Crippen LogP contribution is 2.29. The fourth-order valence-electron chi connectivity index (χ4n) is 2.34. The lowest BCUT2D eigenvalue weighted by atomic mass is 10.1. The van der Waals surface area contributed by atoms with E-state index in [4.69, 9.17) is 5.73 Å². The SMILES string of the molecule is Cc1cccc2c(-c3cccc(F)c3)nn(C(N)=O)c12. The molecule has 0 saturated heterocycles. The van der Waals surface area contributed by atoms with Gasteiger partial charge in [-0.25, -0.2) is 9.18 Å². The zero-order chi connectivity index (χ0) is 14.3. The second-order valence-corrected chi connectivity index (χ2v) is 4.58. The van der Waals surface area contributed by atoms with E-state index >= 15 is 0 Å². The number of para-hydroxylation sites is 1. The normalized spacial score (nSPS) is 10.9. The maximum absolute atomic E-state index is 13.4. The van der Waals surface area contributed by atoms with Gasteiger partial charge in [-0.3, -0.25) is 0 Å². The number of benzene rings is 2. The maximum Gasteiger partial charge on any atom is 0.340 e. The fraction of sp³-hybridized carbons (Fsp3) is 0.0667. The first-order chi connectivity index (χ1) is 9.58. The van der Waals surface area contributed by atoms with Crippen molar-refractivity contribution in [3.8, 4) is 11.3 Å². The topological polar surface area (TPSA) is 60.9 Å². The first kappa shape index (κ1) is 12.3.